The van der Waals surface area contributed by atoms with E-state index in [9.17, 15) is 0 Å². The predicted octanol–water partition coefficient (Wildman–Crippen LogP) is 8.07. The number of benzene rings is 3. The summed E-state index contributed by atoms with van der Waals surface area (Å²) < 4.78 is 0. The van der Waals surface area contributed by atoms with Crippen LogP contribution in [0.3, 0.4) is 0 Å². The minimum absolute atomic E-state index is 0.298. The molecule has 2 unspecified atom stereocenters. The van der Waals surface area contributed by atoms with E-state index in [1.807, 2.05) is 0 Å². The lowest BCUT2D eigenvalue weighted by molar-refractivity contribution is 0.725. The lowest BCUT2D eigenvalue weighted by Crippen LogP contribution is -2.31. The van der Waals surface area contributed by atoms with Crippen LogP contribution in [0, 0.1) is 6.92 Å². The van der Waals surface area contributed by atoms with Gasteiger partial charge in [-0.05, 0) is 66.8 Å². The zero-order chi connectivity index (χ0) is 22.1. The van der Waals surface area contributed by atoms with Crippen LogP contribution in [0.4, 0.5) is 5.69 Å². The Balaban J connectivity index is 1.62. The summed E-state index contributed by atoms with van der Waals surface area (Å²) in [5.74, 6) is 0.323. The monoisotopic (exact) mass is 415 g/mol. The SMILES string of the molecule is C/C=C\C=C(/C)N1c2ccc(-c3ccccc3)cc2C2C=C(c3ccc(C)cc3)C=CC21. The van der Waals surface area contributed by atoms with Crippen molar-refractivity contribution in [2.24, 2.45) is 0 Å². The number of nitrogens with zero attached hydrogens (tertiary/aromatic N) is 1. The maximum Gasteiger partial charge on any atom is 0.0626 e. The molecule has 0 spiro atoms. The minimum Gasteiger partial charge on any atom is -0.337 e. The fourth-order valence-electron chi connectivity index (χ4n) is 4.88. The molecule has 0 aromatic heterocycles. The van der Waals surface area contributed by atoms with E-state index in [1.54, 1.807) is 0 Å². The maximum absolute atomic E-state index is 2.49. The number of rotatable bonds is 4. The smallest absolute Gasteiger partial charge is 0.0626 e. The van der Waals surface area contributed by atoms with Crippen molar-refractivity contribution in [2.75, 3.05) is 4.90 Å². The zero-order valence-corrected chi connectivity index (χ0v) is 19.0. The Morgan fingerprint density at radius 3 is 2.38 bits per heavy atom. The van der Waals surface area contributed by atoms with Gasteiger partial charge in [-0.3, -0.25) is 0 Å². The number of hydrogen-bond acceptors (Lipinski definition) is 1. The summed E-state index contributed by atoms with van der Waals surface area (Å²) in [7, 11) is 0. The molecule has 32 heavy (non-hydrogen) atoms. The summed E-state index contributed by atoms with van der Waals surface area (Å²) in [5, 5.41) is 0. The lowest BCUT2D eigenvalue weighted by Gasteiger charge is -2.30. The average Bonchev–Trinajstić information content (AvgIpc) is 3.16. The molecule has 0 saturated carbocycles. The number of aryl methyl sites for hydroxylation is 1. The molecule has 0 bridgehead atoms. The third-order valence-electron chi connectivity index (χ3n) is 6.55. The molecule has 1 heteroatoms. The molecule has 0 N–H and O–H groups in total. The zero-order valence-electron chi connectivity index (χ0n) is 19.0. The first-order valence-corrected chi connectivity index (χ1v) is 11.4. The standard InChI is InChI=1S/C31H29N/c1-4-5-9-23(3)32-30-18-16-26(24-10-7-6-8-11-24)20-28(30)29-21-27(17-19-31(29)32)25-14-12-22(2)13-15-25/h4-21,29,31H,1-3H3/b5-4-,23-9+. The van der Waals surface area contributed by atoms with Crippen LogP contribution in [0.2, 0.25) is 0 Å². The highest BCUT2D eigenvalue weighted by Crippen LogP contribution is 2.48. The Kier molecular flexibility index (Phi) is 5.41. The molecule has 1 nitrogen and oxygen atoms in total. The minimum atomic E-state index is 0.298. The molecule has 158 valence electrons. The summed E-state index contributed by atoms with van der Waals surface area (Å²) in [5.41, 5.74) is 10.4. The van der Waals surface area contributed by atoms with Crippen LogP contribution in [0.15, 0.2) is 115 Å². The largest absolute Gasteiger partial charge is 0.337 e. The second-order valence-electron chi connectivity index (χ2n) is 8.71. The van der Waals surface area contributed by atoms with Crippen LogP contribution in [0.1, 0.15) is 36.5 Å². The highest BCUT2D eigenvalue weighted by Gasteiger charge is 2.38. The quantitative estimate of drug-likeness (QED) is 0.389. The van der Waals surface area contributed by atoms with Crippen molar-refractivity contribution < 1.29 is 0 Å². The second kappa shape index (κ2) is 8.51. The number of hydrogen-bond donors (Lipinski definition) is 0. The highest BCUT2D eigenvalue weighted by molar-refractivity contribution is 5.82. The van der Waals surface area contributed by atoms with Gasteiger partial charge in [-0.25, -0.2) is 0 Å². The Labute approximate surface area is 191 Å². The first-order valence-electron chi connectivity index (χ1n) is 11.4. The highest BCUT2D eigenvalue weighted by atomic mass is 15.2. The van der Waals surface area contributed by atoms with Crippen molar-refractivity contribution in [1.29, 1.82) is 0 Å². The Morgan fingerprint density at radius 1 is 0.875 bits per heavy atom. The van der Waals surface area contributed by atoms with Gasteiger partial charge in [0.05, 0.1) is 6.04 Å². The van der Waals surface area contributed by atoms with Gasteiger partial charge in [0.25, 0.3) is 0 Å². The molecule has 0 fully saturated rings. The fraction of sp³-hybridized carbons (Fsp3) is 0.161. The molecule has 1 aliphatic heterocycles. The molecule has 1 aliphatic carbocycles. The van der Waals surface area contributed by atoms with Crippen LogP contribution >= 0.6 is 0 Å². The van der Waals surface area contributed by atoms with Gasteiger partial charge in [0.1, 0.15) is 0 Å². The van der Waals surface area contributed by atoms with Gasteiger partial charge in [0.2, 0.25) is 0 Å². The Morgan fingerprint density at radius 2 is 1.62 bits per heavy atom. The van der Waals surface area contributed by atoms with E-state index in [0.717, 1.165) is 0 Å². The van der Waals surface area contributed by atoms with Gasteiger partial charge in [-0.2, -0.15) is 0 Å². The summed E-state index contributed by atoms with van der Waals surface area (Å²) in [6.45, 7) is 6.42. The second-order valence-corrected chi connectivity index (χ2v) is 8.71. The predicted molar refractivity (Wildman–Crippen MR) is 138 cm³/mol. The fourth-order valence-corrected chi connectivity index (χ4v) is 4.88. The van der Waals surface area contributed by atoms with E-state index < -0.39 is 0 Å². The van der Waals surface area contributed by atoms with Crippen LogP contribution in [0.5, 0.6) is 0 Å². The molecule has 0 saturated heterocycles. The summed E-state index contributed by atoms with van der Waals surface area (Å²) in [6.07, 6.45) is 13.6. The van der Waals surface area contributed by atoms with Gasteiger partial charge >= 0.3 is 0 Å². The molecule has 2 aliphatic rings. The number of fused-ring (bicyclic) bond motifs is 3. The van der Waals surface area contributed by atoms with E-state index in [-0.39, 0.29) is 0 Å². The third-order valence-corrected chi connectivity index (χ3v) is 6.55. The van der Waals surface area contributed by atoms with Gasteiger partial charge in [-0.15, -0.1) is 0 Å². The summed E-state index contributed by atoms with van der Waals surface area (Å²) >= 11 is 0. The topological polar surface area (TPSA) is 3.24 Å². The third kappa shape index (κ3) is 3.65. The molecule has 3 aromatic carbocycles. The van der Waals surface area contributed by atoms with Crippen LogP contribution in [0.25, 0.3) is 16.7 Å². The average molecular weight is 416 g/mol. The molecule has 0 amide bonds. The van der Waals surface area contributed by atoms with Gasteiger partial charge < -0.3 is 4.90 Å². The van der Waals surface area contributed by atoms with E-state index in [2.05, 4.69) is 135 Å². The summed E-state index contributed by atoms with van der Waals surface area (Å²) in [4.78, 5) is 2.49. The first kappa shape index (κ1) is 20.3. The van der Waals surface area contributed by atoms with Crippen molar-refractivity contribution in [3.8, 4) is 11.1 Å². The number of anilines is 1. The molecule has 1 heterocycles. The van der Waals surface area contributed by atoms with E-state index in [1.165, 1.54) is 44.8 Å². The van der Waals surface area contributed by atoms with Gasteiger partial charge in [0, 0.05) is 17.3 Å². The van der Waals surface area contributed by atoms with Crippen LogP contribution in [-0.4, -0.2) is 6.04 Å². The van der Waals surface area contributed by atoms with Crippen molar-refractivity contribution >= 4 is 11.3 Å². The van der Waals surface area contributed by atoms with Crippen LogP contribution < -0.4 is 4.90 Å². The molecular weight excluding hydrogens is 386 g/mol. The number of allylic oxidation sites excluding steroid dienone is 6. The van der Waals surface area contributed by atoms with Gasteiger partial charge in [-0.1, -0.05) is 96.6 Å². The maximum atomic E-state index is 2.49. The molecule has 0 radical (unpaired) electrons. The van der Waals surface area contributed by atoms with Crippen molar-refractivity contribution in [3.63, 3.8) is 0 Å². The van der Waals surface area contributed by atoms with E-state index in [4.69, 9.17) is 0 Å². The Bertz CT molecular complexity index is 1240. The van der Waals surface area contributed by atoms with Crippen molar-refractivity contribution in [1.82, 2.24) is 0 Å². The lowest BCUT2D eigenvalue weighted by atomic mass is 9.85. The van der Waals surface area contributed by atoms with E-state index >= 15 is 0 Å². The molecular formula is C31H29N. The molecule has 5 rings (SSSR count). The van der Waals surface area contributed by atoms with Gasteiger partial charge in [0.15, 0.2) is 0 Å². The van der Waals surface area contributed by atoms with E-state index in [0.29, 0.717) is 12.0 Å². The van der Waals surface area contributed by atoms with Crippen molar-refractivity contribution in [2.45, 2.75) is 32.7 Å². The molecule has 3 aromatic rings. The Hall–Kier alpha value is -3.58. The normalized spacial score (nSPS) is 19.8. The summed E-state index contributed by atoms with van der Waals surface area (Å²) in [6, 6.07) is 26.8. The van der Waals surface area contributed by atoms with Crippen LogP contribution in [-0.2, 0) is 0 Å². The molecule has 2 atom stereocenters. The first-order chi connectivity index (χ1) is 15.7. The van der Waals surface area contributed by atoms with Crippen molar-refractivity contribution in [3.05, 3.63) is 132 Å².